The van der Waals surface area contributed by atoms with Crippen LogP contribution in [0.4, 0.5) is 0 Å². The smallest absolute Gasteiger partial charge is 0.271 e. The van der Waals surface area contributed by atoms with Crippen molar-refractivity contribution >= 4 is 39.1 Å². The monoisotopic (exact) mass is 552 g/mol. The molecule has 0 spiro atoms. The lowest BCUT2D eigenvalue weighted by Crippen LogP contribution is -2.42. The Labute approximate surface area is 215 Å². The van der Waals surface area contributed by atoms with Crippen LogP contribution in [0.15, 0.2) is 68.0 Å². The molecule has 1 aliphatic heterocycles. The summed E-state index contributed by atoms with van der Waals surface area (Å²) < 4.78 is 13.9. The number of ketones is 1. The highest BCUT2D eigenvalue weighted by Gasteiger charge is 2.40. The number of methoxy groups -OCH3 is 2. The lowest BCUT2D eigenvalue weighted by Gasteiger charge is -2.35. The second-order valence-corrected chi connectivity index (χ2v) is 11.5. The Balaban J connectivity index is 1.73. The zero-order valence-electron chi connectivity index (χ0n) is 19.9. The Morgan fingerprint density at radius 3 is 2.46 bits per heavy atom. The van der Waals surface area contributed by atoms with Crippen molar-refractivity contribution in [3.05, 3.63) is 89.0 Å². The van der Waals surface area contributed by atoms with Crippen molar-refractivity contribution < 1.29 is 14.3 Å². The maximum absolute atomic E-state index is 13.7. The van der Waals surface area contributed by atoms with Gasteiger partial charge in [0.15, 0.2) is 22.1 Å². The second-order valence-electron chi connectivity index (χ2n) is 9.55. The molecule has 1 unspecified atom stereocenters. The molecular weight excluding hydrogens is 528 g/mol. The quantitative estimate of drug-likeness (QED) is 0.481. The summed E-state index contributed by atoms with van der Waals surface area (Å²) in [5, 5.41) is 0. The van der Waals surface area contributed by atoms with Crippen LogP contribution in [0.2, 0.25) is 0 Å². The molecule has 0 N–H and O–H groups in total. The van der Waals surface area contributed by atoms with Crippen LogP contribution in [-0.4, -0.2) is 24.6 Å². The maximum atomic E-state index is 13.7. The molecule has 0 amide bonds. The number of thiazole rings is 1. The number of hydrogen-bond acceptors (Lipinski definition) is 6. The molecule has 2 aliphatic rings. The first-order valence-electron chi connectivity index (χ1n) is 11.3. The van der Waals surface area contributed by atoms with Crippen LogP contribution in [0, 0.1) is 5.41 Å². The first kappa shape index (κ1) is 23.8. The van der Waals surface area contributed by atoms with Gasteiger partial charge in [-0.05, 0) is 53.3 Å². The summed E-state index contributed by atoms with van der Waals surface area (Å²) >= 11 is 4.83. The van der Waals surface area contributed by atoms with Gasteiger partial charge in [0.1, 0.15) is 0 Å². The number of nitrogens with zero attached hydrogens (tertiary/aromatic N) is 2. The highest BCUT2D eigenvalue weighted by molar-refractivity contribution is 9.10. The van der Waals surface area contributed by atoms with E-state index in [2.05, 4.69) is 29.8 Å². The van der Waals surface area contributed by atoms with Gasteiger partial charge in [0.2, 0.25) is 0 Å². The van der Waals surface area contributed by atoms with E-state index in [0.29, 0.717) is 39.2 Å². The standard InChI is InChI=1S/C27H25BrN2O4S/c1-27(2)13-18-23(19(31)14-27)24(16-6-8-17(28)9-7-16)30-25(32)22(35-26(30)29-18)12-15-5-10-20(33-3)21(11-15)34-4/h5-12,24H,13-14H2,1-4H3. The summed E-state index contributed by atoms with van der Waals surface area (Å²) in [5.41, 5.74) is 2.80. The molecule has 1 aromatic heterocycles. The number of fused-ring (bicyclic) bond motifs is 1. The van der Waals surface area contributed by atoms with E-state index in [1.54, 1.807) is 18.8 Å². The van der Waals surface area contributed by atoms with Gasteiger partial charge >= 0.3 is 0 Å². The first-order chi connectivity index (χ1) is 16.7. The number of halogens is 1. The fraction of sp³-hybridized carbons (Fsp3) is 0.296. The number of carbonyl (C=O) groups excluding carboxylic acids is 1. The molecule has 35 heavy (non-hydrogen) atoms. The van der Waals surface area contributed by atoms with Crippen molar-refractivity contribution in [3.8, 4) is 11.5 Å². The Morgan fingerprint density at radius 2 is 1.77 bits per heavy atom. The van der Waals surface area contributed by atoms with Gasteiger partial charge in [0.05, 0.1) is 30.5 Å². The number of rotatable bonds is 4. The van der Waals surface area contributed by atoms with Crippen molar-refractivity contribution in [1.29, 1.82) is 0 Å². The van der Waals surface area contributed by atoms with E-state index in [9.17, 15) is 9.59 Å². The summed E-state index contributed by atoms with van der Waals surface area (Å²) in [4.78, 5) is 32.6. The molecule has 180 valence electrons. The van der Waals surface area contributed by atoms with Crippen LogP contribution in [0.25, 0.3) is 6.08 Å². The number of ether oxygens (including phenoxy) is 2. The highest BCUT2D eigenvalue weighted by atomic mass is 79.9. The predicted molar refractivity (Wildman–Crippen MR) is 140 cm³/mol. The minimum Gasteiger partial charge on any atom is -0.493 e. The number of Topliss-reactive ketones (excluding diaryl/α,β-unsaturated/α-hetero) is 1. The summed E-state index contributed by atoms with van der Waals surface area (Å²) in [6.45, 7) is 4.18. The van der Waals surface area contributed by atoms with E-state index in [0.717, 1.165) is 21.3 Å². The van der Waals surface area contributed by atoms with Gasteiger partial charge in [-0.25, -0.2) is 4.99 Å². The van der Waals surface area contributed by atoms with E-state index in [1.165, 1.54) is 11.3 Å². The minimum absolute atomic E-state index is 0.0575. The fourth-order valence-corrected chi connectivity index (χ4v) is 6.09. The predicted octanol–water partition coefficient (Wildman–Crippen LogP) is 4.38. The molecule has 2 heterocycles. The van der Waals surface area contributed by atoms with Gasteiger partial charge in [-0.2, -0.15) is 0 Å². The second kappa shape index (κ2) is 8.91. The van der Waals surface area contributed by atoms with Gasteiger partial charge in [-0.1, -0.05) is 59.3 Å². The zero-order valence-corrected chi connectivity index (χ0v) is 22.3. The lowest BCUT2D eigenvalue weighted by atomic mass is 9.73. The molecule has 0 saturated heterocycles. The summed E-state index contributed by atoms with van der Waals surface area (Å²) in [5.74, 6) is 1.27. The number of benzene rings is 2. The molecule has 6 nitrogen and oxygen atoms in total. The zero-order chi connectivity index (χ0) is 24.9. The van der Waals surface area contributed by atoms with Crippen LogP contribution >= 0.6 is 27.3 Å². The SMILES string of the molecule is COc1ccc(C=c2sc3n(c2=O)C(c2ccc(Br)cc2)C2=C(CC(C)(C)CC2=O)N=3)cc1OC. The molecule has 0 radical (unpaired) electrons. The van der Waals surface area contributed by atoms with Crippen molar-refractivity contribution in [3.63, 3.8) is 0 Å². The largest absolute Gasteiger partial charge is 0.493 e. The van der Waals surface area contributed by atoms with Crippen LogP contribution in [0.1, 0.15) is 43.9 Å². The average molecular weight is 553 g/mol. The summed E-state index contributed by atoms with van der Waals surface area (Å²) in [6.07, 6.45) is 2.97. The Kier molecular flexibility index (Phi) is 6.05. The molecule has 3 aromatic rings. The normalized spacial score (nSPS) is 19.2. The third kappa shape index (κ3) is 4.29. The first-order valence-corrected chi connectivity index (χ1v) is 12.9. The molecule has 8 heteroatoms. The number of carbonyl (C=O) groups is 1. The van der Waals surface area contributed by atoms with Gasteiger partial charge < -0.3 is 9.47 Å². The average Bonchev–Trinajstić information content (AvgIpc) is 3.12. The molecule has 0 saturated carbocycles. The lowest BCUT2D eigenvalue weighted by molar-refractivity contribution is -0.118. The molecule has 0 bridgehead atoms. The number of aromatic nitrogens is 1. The van der Waals surface area contributed by atoms with E-state index in [4.69, 9.17) is 14.5 Å². The Hall–Kier alpha value is -2.97. The number of allylic oxidation sites excluding steroid dienone is 2. The van der Waals surface area contributed by atoms with E-state index < -0.39 is 6.04 Å². The third-order valence-corrected chi connectivity index (χ3v) is 7.90. The summed E-state index contributed by atoms with van der Waals surface area (Å²) in [7, 11) is 3.17. The van der Waals surface area contributed by atoms with Crippen molar-refractivity contribution in [2.24, 2.45) is 10.4 Å². The Morgan fingerprint density at radius 1 is 1.06 bits per heavy atom. The fourth-order valence-electron chi connectivity index (χ4n) is 4.80. The maximum Gasteiger partial charge on any atom is 0.271 e. The van der Waals surface area contributed by atoms with Gasteiger partial charge in [0.25, 0.3) is 5.56 Å². The van der Waals surface area contributed by atoms with Crippen LogP contribution in [-0.2, 0) is 4.79 Å². The Bertz CT molecular complexity index is 1550. The minimum atomic E-state index is -0.495. The van der Waals surface area contributed by atoms with Crippen LogP contribution in [0.5, 0.6) is 11.5 Å². The van der Waals surface area contributed by atoms with Gasteiger partial charge in [-0.3, -0.25) is 14.2 Å². The van der Waals surface area contributed by atoms with Crippen LogP contribution < -0.4 is 24.4 Å². The van der Waals surface area contributed by atoms with Crippen LogP contribution in [0.3, 0.4) is 0 Å². The number of hydrogen-bond donors (Lipinski definition) is 0. The molecule has 0 fully saturated rings. The van der Waals surface area contributed by atoms with E-state index in [1.807, 2.05) is 48.5 Å². The van der Waals surface area contributed by atoms with Crippen molar-refractivity contribution in [1.82, 2.24) is 4.57 Å². The summed E-state index contributed by atoms with van der Waals surface area (Å²) in [6, 6.07) is 12.8. The van der Waals surface area contributed by atoms with E-state index >= 15 is 0 Å². The van der Waals surface area contributed by atoms with Gasteiger partial charge in [-0.15, -0.1) is 0 Å². The van der Waals surface area contributed by atoms with Crippen molar-refractivity contribution in [2.75, 3.05) is 14.2 Å². The molecule has 1 atom stereocenters. The van der Waals surface area contributed by atoms with Crippen molar-refractivity contribution in [2.45, 2.75) is 32.7 Å². The topological polar surface area (TPSA) is 69.9 Å². The molecular formula is C27H25BrN2O4S. The third-order valence-electron chi connectivity index (χ3n) is 6.39. The van der Waals surface area contributed by atoms with E-state index in [-0.39, 0.29) is 16.8 Å². The van der Waals surface area contributed by atoms with Gasteiger partial charge in [0, 0.05) is 16.5 Å². The highest BCUT2D eigenvalue weighted by Crippen LogP contribution is 2.43. The molecule has 2 aromatic carbocycles. The molecule has 1 aliphatic carbocycles. The molecule has 5 rings (SSSR count).